The van der Waals surface area contributed by atoms with Crippen LogP contribution in [0.1, 0.15) is 42.6 Å². The SMILES string of the molecule is Cc1cc(-c2cnc3c(NCC(C)(C)O)cc(-c4ccc(F)cc4)nn23)ccc1C(=O)NC1CC1. The van der Waals surface area contributed by atoms with E-state index in [2.05, 4.69) is 15.6 Å². The number of hydrogen-bond acceptors (Lipinski definition) is 5. The Hall–Kier alpha value is -3.78. The van der Waals surface area contributed by atoms with E-state index in [0.29, 0.717) is 35.2 Å². The first kappa shape index (κ1) is 23.0. The fourth-order valence-electron chi connectivity index (χ4n) is 3.94. The molecule has 0 unspecified atom stereocenters. The van der Waals surface area contributed by atoms with Crippen LogP contribution < -0.4 is 10.6 Å². The smallest absolute Gasteiger partial charge is 0.251 e. The number of aliphatic hydroxyl groups is 1. The van der Waals surface area contributed by atoms with Crippen LogP contribution in [0.15, 0.2) is 54.7 Å². The standard InChI is InChI=1S/C27H28FN5O2/c1-16-12-18(6-11-21(16)26(34)31-20-9-10-20)24-14-29-25-23(30-15-27(2,3)35)13-22(32-33(24)25)17-4-7-19(28)8-5-17/h4-8,11-14,20,30,35H,9-10,15H2,1-3H3,(H,31,34). The molecule has 0 spiro atoms. The molecule has 0 aliphatic heterocycles. The van der Waals surface area contributed by atoms with Gasteiger partial charge in [-0.05, 0) is 81.6 Å². The van der Waals surface area contributed by atoms with E-state index in [1.54, 1.807) is 36.7 Å². The van der Waals surface area contributed by atoms with E-state index in [9.17, 15) is 14.3 Å². The molecule has 0 radical (unpaired) electrons. The Morgan fingerprint density at radius 3 is 2.51 bits per heavy atom. The van der Waals surface area contributed by atoms with Gasteiger partial charge in [0.15, 0.2) is 5.65 Å². The van der Waals surface area contributed by atoms with Crippen LogP contribution >= 0.6 is 0 Å². The number of carbonyl (C=O) groups excluding carboxylic acids is 1. The minimum absolute atomic E-state index is 0.0514. The van der Waals surface area contributed by atoms with Crippen LogP contribution in [-0.4, -0.2) is 43.8 Å². The average molecular weight is 474 g/mol. The summed E-state index contributed by atoms with van der Waals surface area (Å²) < 4.78 is 15.3. The van der Waals surface area contributed by atoms with Gasteiger partial charge in [-0.1, -0.05) is 6.07 Å². The van der Waals surface area contributed by atoms with Crippen molar-refractivity contribution in [2.24, 2.45) is 0 Å². The Labute approximate surface area is 203 Å². The van der Waals surface area contributed by atoms with Crippen molar-refractivity contribution in [3.05, 3.63) is 71.7 Å². The molecule has 180 valence electrons. The molecular formula is C27H28FN5O2. The highest BCUT2D eigenvalue weighted by Gasteiger charge is 2.24. The van der Waals surface area contributed by atoms with Crippen molar-refractivity contribution in [3.8, 4) is 22.5 Å². The van der Waals surface area contributed by atoms with Gasteiger partial charge in [0.25, 0.3) is 5.91 Å². The molecule has 1 aliphatic carbocycles. The summed E-state index contributed by atoms with van der Waals surface area (Å²) in [7, 11) is 0. The third-order valence-electron chi connectivity index (χ3n) is 6.00. The molecule has 2 aromatic heterocycles. The average Bonchev–Trinajstić information content (AvgIpc) is 3.52. The number of aryl methyl sites for hydroxylation is 1. The molecule has 2 heterocycles. The van der Waals surface area contributed by atoms with Crippen molar-refractivity contribution in [3.63, 3.8) is 0 Å². The van der Waals surface area contributed by atoms with Crippen LogP contribution in [-0.2, 0) is 0 Å². The van der Waals surface area contributed by atoms with E-state index in [4.69, 9.17) is 5.10 Å². The van der Waals surface area contributed by atoms with Crippen molar-refractivity contribution in [1.29, 1.82) is 0 Å². The minimum atomic E-state index is -0.931. The second kappa shape index (κ2) is 8.78. The third kappa shape index (κ3) is 5.02. The van der Waals surface area contributed by atoms with E-state index >= 15 is 0 Å². The summed E-state index contributed by atoms with van der Waals surface area (Å²) in [5.74, 6) is -0.371. The molecule has 7 nitrogen and oxygen atoms in total. The Kier molecular flexibility index (Phi) is 5.76. The summed E-state index contributed by atoms with van der Waals surface area (Å²) in [6.45, 7) is 5.67. The highest BCUT2D eigenvalue weighted by atomic mass is 19.1. The first-order valence-electron chi connectivity index (χ1n) is 11.7. The van der Waals surface area contributed by atoms with Crippen molar-refractivity contribution in [2.75, 3.05) is 11.9 Å². The molecule has 5 rings (SSSR count). The number of fused-ring (bicyclic) bond motifs is 1. The molecule has 4 aromatic rings. The molecular weight excluding hydrogens is 445 g/mol. The van der Waals surface area contributed by atoms with Gasteiger partial charge in [0.05, 0.1) is 28.9 Å². The molecule has 0 bridgehead atoms. The van der Waals surface area contributed by atoms with Gasteiger partial charge in [-0.3, -0.25) is 4.79 Å². The van der Waals surface area contributed by atoms with Gasteiger partial charge in [-0.15, -0.1) is 0 Å². The van der Waals surface area contributed by atoms with Crippen LogP contribution in [0.4, 0.5) is 10.1 Å². The zero-order valence-electron chi connectivity index (χ0n) is 20.0. The third-order valence-corrected chi connectivity index (χ3v) is 6.00. The number of hydrogen-bond donors (Lipinski definition) is 3. The monoisotopic (exact) mass is 473 g/mol. The molecule has 1 aliphatic rings. The van der Waals surface area contributed by atoms with Crippen LogP contribution in [0, 0.1) is 12.7 Å². The molecule has 2 aromatic carbocycles. The number of anilines is 1. The lowest BCUT2D eigenvalue weighted by molar-refractivity contribution is 0.0940. The van der Waals surface area contributed by atoms with Crippen molar-refractivity contribution < 1.29 is 14.3 Å². The molecule has 35 heavy (non-hydrogen) atoms. The number of carbonyl (C=O) groups is 1. The van der Waals surface area contributed by atoms with Crippen LogP contribution in [0.25, 0.3) is 28.2 Å². The lowest BCUT2D eigenvalue weighted by atomic mass is 10.0. The summed E-state index contributed by atoms with van der Waals surface area (Å²) in [5.41, 5.74) is 4.90. The summed E-state index contributed by atoms with van der Waals surface area (Å²) in [5, 5.41) is 21.3. The summed E-state index contributed by atoms with van der Waals surface area (Å²) in [6.07, 6.45) is 3.82. The first-order chi connectivity index (χ1) is 16.7. The quantitative estimate of drug-likeness (QED) is 0.365. The van der Waals surface area contributed by atoms with E-state index in [-0.39, 0.29) is 11.7 Å². The van der Waals surface area contributed by atoms with Crippen molar-refractivity contribution >= 4 is 17.2 Å². The molecule has 1 amide bonds. The lowest BCUT2D eigenvalue weighted by Gasteiger charge is -2.19. The molecule has 8 heteroatoms. The fourth-order valence-corrected chi connectivity index (χ4v) is 3.94. The Bertz CT molecular complexity index is 1400. The minimum Gasteiger partial charge on any atom is -0.389 e. The lowest BCUT2D eigenvalue weighted by Crippen LogP contribution is -2.29. The number of aromatic nitrogens is 3. The second-order valence-corrected chi connectivity index (χ2v) is 9.77. The highest BCUT2D eigenvalue weighted by molar-refractivity contribution is 5.96. The van der Waals surface area contributed by atoms with Crippen LogP contribution in [0.5, 0.6) is 0 Å². The maximum Gasteiger partial charge on any atom is 0.251 e. The topological polar surface area (TPSA) is 91.6 Å². The van der Waals surface area contributed by atoms with Crippen LogP contribution in [0.3, 0.4) is 0 Å². The number of nitrogens with one attached hydrogen (secondary N) is 2. The number of imidazole rings is 1. The van der Waals surface area contributed by atoms with Crippen molar-refractivity contribution in [2.45, 2.75) is 45.3 Å². The summed E-state index contributed by atoms with van der Waals surface area (Å²) in [6, 6.07) is 14.0. The molecule has 1 fully saturated rings. The van der Waals surface area contributed by atoms with Gasteiger partial charge in [0.1, 0.15) is 5.82 Å². The van der Waals surface area contributed by atoms with E-state index < -0.39 is 5.60 Å². The van der Waals surface area contributed by atoms with Crippen molar-refractivity contribution in [1.82, 2.24) is 19.9 Å². The molecule has 1 saturated carbocycles. The predicted molar refractivity (Wildman–Crippen MR) is 134 cm³/mol. The van der Waals surface area contributed by atoms with Gasteiger partial charge in [0.2, 0.25) is 0 Å². The fraction of sp³-hybridized carbons (Fsp3) is 0.296. The van der Waals surface area contributed by atoms with E-state index in [0.717, 1.165) is 35.2 Å². The molecule has 0 atom stereocenters. The van der Waals surface area contributed by atoms with Gasteiger partial charge < -0.3 is 15.7 Å². The molecule has 0 saturated heterocycles. The summed E-state index contributed by atoms with van der Waals surface area (Å²) in [4.78, 5) is 17.1. The number of benzene rings is 2. The maximum absolute atomic E-state index is 13.5. The zero-order valence-corrected chi connectivity index (χ0v) is 20.0. The Balaban J connectivity index is 1.58. The highest BCUT2D eigenvalue weighted by Crippen LogP contribution is 2.30. The second-order valence-electron chi connectivity index (χ2n) is 9.77. The normalized spacial score (nSPS) is 13.7. The maximum atomic E-state index is 13.5. The Morgan fingerprint density at radius 1 is 1.14 bits per heavy atom. The number of rotatable bonds is 7. The van der Waals surface area contributed by atoms with Gasteiger partial charge in [-0.25, -0.2) is 13.9 Å². The molecule has 3 N–H and O–H groups in total. The Morgan fingerprint density at radius 2 is 1.86 bits per heavy atom. The van der Waals surface area contributed by atoms with Gasteiger partial charge >= 0.3 is 0 Å². The number of halogens is 1. The van der Waals surface area contributed by atoms with Gasteiger partial charge in [0, 0.05) is 29.3 Å². The van der Waals surface area contributed by atoms with Gasteiger partial charge in [-0.2, -0.15) is 5.10 Å². The van der Waals surface area contributed by atoms with E-state index in [1.165, 1.54) is 12.1 Å². The van der Waals surface area contributed by atoms with Crippen LogP contribution in [0.2, 0.25) is 0 Å². The number of nitrogens with zero attached hydrogens (tertiary/aromatic N) is 3. The largest absolute Gasteiger partial charge is 0.389 e. The zero-order chi connectivity index (χ0) is 24.7. The summed E-state index contributed by atoms with van der Waals surface area (Å²) >= 11 is 0. The number of amides is 1. The predicted octanol–water partition coefficient (Wildman–Crippen LogP) is 4.59. The first-order valence-corrected chi connectivity index (χ1v) is 11.7. The van der Waals surface area contributed by atoms with E-state index in [1.807, 2.05) is 31.2 Å².